The van der Waals surface area contributed by atoms with Crippen molar-refractivity contribution in [2.24, 2.45) is 5.18 Å². The molecule has 3 aromatic rings. The van der Waals surface area contributed by atoms with Gasteiger partial charge < -0.3 is 9.15 Å². The fraction of sp³-hybridized carbons (Fsp3) is 0.286. The van der Waals surface area contributed by atoms with E-state index in [9.17, 15) is 9.70 Å². The lowest BCUT2D eigenvalue weighted by atomic mass is 9.71. The van der Waals surface area contributed by atoms with Crippen LogP contribution in [0.25, 0.3) is 11.0 Å². The van der Waals surface area contributed by atoms with Gasteiger partial charge in [-0.05, 0) is 43.7 Å². The van der Waals surface area contributed by atoms with Crippen LogP contribution in [-0.2, 0) is 5.41 Å². The van der Waals surface area contributed by atoms with Crippen molar-refractivity contribution in [3.05, 3.63) is 63.8 Å². The summed E-state index contributed by atoms with van der Waals surface area (Å²) >= 11 is 0. The minimum absolute atomic E-state index is 0.0152. The van der Waals surface area contributed by atoms with E-state index < -0.39 is 5.41 Å². The first-order valence-electron chi connectivity index (χ1n) is 9.08. The van der Waals surface area contributed by atoms with E-state index in [1.165, 1.54) is 0 Å². The number of benzene rings is 2. The molecule has 0 fully saturated rings. The molecule has 0 saturated carbocycles. The molecule has 1 heterocycles. The molecule has 6 heteroatoms. The Morgan fingerprint density at radius 2 is 2.00 bits per heavy atom. The van der Waals surface area contributed by atoms with Crippen molar-refractivity contribution in [3.8, 4) is 5.75 Å². The van der Waals surface area contributed by atoms with Crippen LogP contribution >= 0.6 is 0 Å². The summed E-state index contributed by atoms with van der Waals surface area (Å²) < 4.78 is 11.9. The van der Waals surface area contributed by atoms with E-state index in [-0.39, 0.29) is 12.3 Å². The molecule has 1 aliphatic carbocycles. The first-order chi connectivity index (χ1) is 12.9. The lowest BCUT2D eigenvalue weighted by Gasteiger charge is -2.30. The van der Waals surface area contributed by atoms with Crippen molar-refractivity contribution in [3.63, 3.8) is 0 Å². The first-order valence-corrected chi connectivity index (χ1v) is 9.08. The maximum Gasteiger partial charge on any atom is 0.197 e. The van der Waals surface area contributed by atoms with Gasteiger partial charge in [0, 0.05) is 22.8 Å². The molecular formula is C21H20BNO4. The number of hydrogen-bond donors (Lipinski definition) is 0. The summed E-state index contributed by atoms with van der Waals surface area (Å²) in [5.41, 5.74) is 3.60. The standard InChI is InChI=1S/C21H20BNO4/c1-21(2)16-11-13(26-9-3-8-23-25)5-7-14(16)19(24)18-15-6-4-12(22)10-17(15)27-20(18)21/h4-7,10-11H,3,8-9,22H2,1-2H3. The van der Waals surface area contributed by atoms with Crippen LogP contribution < -0.4 is 10.2 Å². The van der Waals surface area contributed by atoms with Crippen LogP contribution in [0.15, 0.2) is 46.0 Å². The molecule has 0 radical (unpaired) electrons. The van der Waals surface area contributed by atoms with Gasteiger partial charge >= 0.3 is 0 Å². The molecule has 0 amide bonds. The van der Waals surface area contributed by atoms with Gasteiger partial charge in [-0.15, -0.1) is 0 Å². The molecule has 0 aliphatic heterocycles. The van der Waals surface area contributed by atoms with Crippen LogP contribution in [0.1, 0.15) is 47.5 Å². The van der Waals surface area contributed by atoms with Gasteiger partial charge in [0.05, 0.1) is 18.7 Å². The fourth-order valence-corrected chi connectivity index (χ4v) is 3.77. The molecule has 1 aromatic heterocycles. The summed E-state index contributed by atoms with van der Waals surface area (Å²) in [6, 6.07) is 11.5. The number of rotatable bonds is 5. The van der Waals surface area contributed by atoms with Gasteiger partial charge in [0.25, 0.3) is 0 Å². The van der Waals surface area contributed by atoms with E-state index in [1.54, 1.807) is 6.07 Å². The lowest BCUT2D eigenvalue weighted by Crippen LogP contribution is -2.29. The van der Waals surface area contributed by atoms with Gasteiger partial charge in [-0.2, -0.15) is 4.91 Å². The second-order valence-electron chi connectivity index (χ2n) is 7.52. The van der Waals surface area contributed by atoms with E-state index in [4.69, 9.17) is 9.15 Å². The number of nitrogens with zero attached hydrogens (tertiary/aromatic N) is 1. The lowest BCUT2D eigenvalue weighted by molar-refractivity contribution is 0.102. The quantitative estimate of drug-likeness (QED) is 0.398. The minimum Gasteiger partial charge on any atom is -0.494 e. The molecule has 1 aliphatic rings. The molecule has 0 spiro atoms. The number of furan rings is 1. The number of carbonyl (C=O) groups is 1. The molecule has 4 rings (SSSR count). The normalized spacial score (nSPS) is 14.7. The van der Waals surface area contributed by atoms with Gasteiger partial charge in [-0.3, -0.25) is 4.79 Å². The van der Waals surface area contributed by atoms with Crippen molar-refractivity contribution >= 4 is 30.1 Å². The maximum atomic E-state index is 13.2. The van der Waals surface area contributed by atoms with E-state index in [1.807, 2.05) is 38.2 Å². The highest BCUT2D eigenvalue weighted by molar-refractivity contribution is 6.33. The molecule has 0 saturated heterocycles. The number of ketones is 1. The Morgan fingerprint density at radius 3 is 2.78 bits per heavy atom. The molecule has 0 atom stereocenters. The number of carbonyl (C=O) groups excluding carboxylic acids is 1. The Hall–Kier alpha value is -2.89. The van der Waals surface area contributed by atoms with E-state index >= 15 is 0 Å². The molecule has 0 unspecified atom stereocenters. The van der Waals surface area contributed by atoms with Crippen LogP contribution in [-0.4, -0.2) is 26.8 Å². The van der Waals surface area contributed by atoms with E-state index in [2.05, 4.69) is 19.0 Å². The highest BCUT2D eigenvalue weighted by Gasteiger charge is 2.41. The van der Waals surface area contributed by atoms with Crippen LogP contribution in [0.2, 0.25) is 0 Å². The number of ether oxygens (including phenoxy) is 1. The average Bonchev–Trinajstić information content (AvgIpc) is 3.03. The SMILES string of the molecule is Bc1ccc2c3c(oc2c1)C(C)(C)c1cc(OCCCN=O)ccc1C3=O. The minimum atomic E-state index is -0.463. The Bertz CT molecular complexity index is 1070. The molecule has 0 bridgehead atoms. The summed E-state index contributed by atoms with van der Waals surface area (Å²) in [5, 5.41) is 3.70. The summed E-state index contributed by atoms with van der Waals surface area (Å²) in [7, 11) is 2.01. The maximum absolute atomic E-state index is 13.2. The summed E-state index contributed by atoms with van der Waals surface area (Å²) in [6.07, 6.45) is 0.565. The van der Waals surface area contributed by atoms with Crippen LogP contribution in [0.3, 0.4) is 0 Å². The monoisotopic (exact) mass is 361 g/mol. The number of fused-ring (bicyclic) bond motifs is 4. The second-order valence-corrected chi connectivity index (χ2v) is 7.52. The van der Waals surface area contributed by atoms with Crippen molar-refractivity contribution in [2.45, 2.75) is 25.7 Å². The third-order valence-electron chi connectivity index (χ3n) is 5.21. The van der Waals surface area contributed by atoms with Crippen molar-refractivity contribution in [1.29, 1.82) is 0 Å². The molecule has 136 valence electrons. The van der Waals surface area contributed by atoms with Crippen LogP contribution in [0, 0.1) is 4.91 Å². The number of nitroso groups, excluding NO2 is 1. The Balaban J connectivity index is 1.79. The van der Waals surface area contributed by atoms with Crippen molar-refractivity contribution in [1.82, 2.24) is 0 Å². The Morgan fingerprint density at radius 1 is 1.19 bits per heavy atom. The Labute approximate surface area is 158 Å². The fourth-order valence-electron chi connectivity index (χ4n) is 3.77. The van der Waals surface area contributed by atoms with Gasteiger partial charge in [0.15, 0.2) is 5.78 Å². The second kappa shape index (κ2) is 6.37. The smallest absolute Gasteiger partial charge is 0.197 e. The van der Waals surface area contributed by atoms with E-state index in [0.717, 1.165) is 22.0 Å². The van der Waals surface area contributed by atoms with Crippen molar-refractivity contribution in [2.75, 3.05) is 13.2 Å². The third kappa shape index (κ3) is 2.76. The predicted octanol–water partition coefficient (Wildman–Crippen LogP) is 3.10. The summed E-state index contributed by atoms with van der Waals surface area (Å²) in [5.74, 6) is 1.36. The first kappa shape index (κ1) is 17.5. The topological polar surface area (TPSA) is 68.9 Å². The van der Waals surface area contributed by atoms with E-state index in [0.29, 0.717) is 35.7 Å². The summed E-state index contributed by atoms with van der Waals surface area (Å²) in [4.78, 5) is 23.4. The predicted molar refractivity (Wildman–Crippen MR) is 107 cm³/mol. The van der Waals surface area contributed by atoms with Gasteiger partial charge in [-0.25, -0.2) is 0 Å². The molecule has 0 N–H and O–H groups in total. The highest BCUT2D eigenvalue weighted by atomic mass is 16.5. The largest absolute Gasteiger partial charge is 0.494 e. The van der Waals surface area contributed by atoms with Crippen molar-refractivity contribution < 1.29 is 13.9 Å². The highest BCUT2D eigenvalue weighted by Crippen LogP contribution is 2.46. The molecular weight excluding hydrogens is 341 g/mol. The average molecular weight is 361 g/mol. The zero-order valence-electron chi connectivity index (χ0n) is 15.7. The third-order valence-corrected chi connectivity index (χ3v) is 5.21. The molecule has 5 nitrogen and oxygen atoms in total. The molecule has 27 heavy (non-hydrogen) atoms. The zero-order valence-corrected chi connectivity index (χ0v) is 15.7. The van der Waals surface area contributed by atoms with Gasteiger partial charge in [0.2, 0.25) is 0 Å². The van der Waals surface area contributed by atoms with Crippen LogP contribution in [0.5, 0.6) is 5.75 Å². The number of hydrogen-bond acceptors (Lipinski definition) is 5. The molecule has 2 aromatic carbocycles. The Kier molecular flexibility index (Phi) is 4.14. The van der Waals surface area contributed by atoms with Gasteiger partial charge in [0.1, 0.15) is 24.9 Å². The zero-order chi connectivity index (χ0) is 19.2. The summed E-state index contributed by atoms with van der Waals surface area (Å²) in [6.45, 7) is 4.77. The van der Waals surface area contributed by atoms with Crippen LogP contribution in [0.4, 0.5) is 0 Å². The van der Waals surface area contributed by atoms with Gasteiger partial charge in [-0.1, -0.05) is 22.8 Å².